The molecule has 1 atom stereocenters. The Hall–Kier alpha value is -2.65. The predicted molar refractivity (Wildman–Crippen MR) is 98.8 cm³/mol. The summed E-state index contributed by atoms with van der Waals surface area (Å²) in [6.07, 6.45) is 0.724. The molecule has 0 bridgehead atoms. The lowest BCUT2D eigenvalue weighted by atomic mass is 10.0. The highest BCUT2D eigenvalue weighted by molar-refractivity contribution is 5.78. The van der Waals surface area contributed by atoms with E-state index in [1.54, 1.807) is 4.57 Å². The summed E-state index contributed by atoms with van der Waals surface area (Å²) in [7, 11) is 0. The molecular formula is C19H23N5O4. The van der Waals surface area contributed by atoms with Gasteiger partial charge >= 0.3 is 5.69 Å². The summed E-state index contributed by atoms with van der Waals surface area (Å²) < 4.78 is 13.4. The maximum absolute atomic E-state index is 12.9. The molecule has 1 fully saturated rings. The van der Waals surface area contributed by atoms with Crippen LogP contribution in [0.1, 0.15) is 17.8 Å². The summed E-state index contributed by atoms with van der Waals surface area (Å²) in [6.45, 7) is 4.21. The summed E-state index contributed by atoms with van der Waals surface area (Å²) in [4.78, 5) is 28.8. The molecule has 0 aliphatic carbocycles. The highest BCUT2D eigenvalue weighted by Crippen LogP contribution is 2.31. The van der Waals surface area contributed by atoms with Crippen molar-refractivity contribution in [2.75, 3.05) is 32.8 Å². The summed E-state index contributed by atoms with van der Waals surface area (Å²) in [6, 6.07) is 7.96. The number of hydrogen-bond donors (Lipinski definition) is 1. The van der Waals surface area contributed by atoms with Crippen molar-refractivity contribution in [3.8, 4) is 5.75 Å². The number of nitrogens with zero attached hydrogens (tertiary/aromatic N) is 4. The number of aromatic nitrogens is 3. The van der Waals surface area contributed by atoms with E-state index in [1.165, 1.54) is 0 Å². The molecule has 9 heteroatoms. The van der Waals surface area contributed by atoms with Gasteiger partial charge in [-0.2, -0.15) is 5.10 Å². The lowest BCUT2D eigenvalue weighted by Gasteiger charge is -2.33. The van der Waals surface area contributed by atoms with E-state index in [2.05, 4.69) is 15.1 Å². The monoisotopic (exact) mass is 385 g/mol. The SMILES string of the molecule is O=C(CN1CCOc2ccccc2C1)N1CCC2(C1)Cn1c(n[nH]c1=O)CO2. The van der Waals surface area contributed by atoms with Gasteiger partial charge in [0.1, 0.15) is 24.6 Å². The number of carbonyl (C=O) groups excluding carboxylic acids is 1. The molecule has 148 valence electrons. The van der Waals surface area contributed by atoms with Crippen LogP contribution in [0.4, 0.5) is 0 Å². The molecule has 28 heavy (non-hydrogen) atoms. The van der Waals surface area contributed by atoms with E-state index in [0.29, 0.717) is 58.3 Å². The van der Waals surface area contributed by atoms with Gasteiger partial charge < -0.3 is 14.4 Å². The Morgan fingerprint density at radius 1 is 1.25 bits per heavy atom. The van der Waals surface area contributed by atoms with Gasteiger partial charge in [-0.05, 0) is 12.5 Å². The van der Waals surface area contributed by atoms with Crippen LogP contribution in [0.25, 0.3) is 0 Å². The normalized spacial score (nSPS) is 24.5. The molecule has 1 N–H and O–H groups in total. The predicted octanol–water partition coefficient (Wildman–Crippen LogP) is -0.0327. The molecule has 0 radical (unpaired) electrons. The van der Waals surface area contributed by atoms with Crippen molar-refractivity contribution in [3.63, 3.8) is 0 Å². The fourth-order valence-electron chi connectivity index (χ4n) is 4.29. The smallest absolute Gasteiger partial charge is 0.343 e. The first-order valence-electron chi connectivity index (χ1n) is 9.61. The second kappa shape index (κ2) is 6.75. The molecule has 1 unspecified atom stereocenters. The van der Waals surface area contributed by atoms with Crippen molar-refractivity contribution in [1.29, 1.82) is 0 Å². The molecule has 5 rings (SSSR count). The van der Waals surface area contributed by atoms with Gasteiger partial charge in [-0.25, -0.2) is 9.89 Å². The maximum Gasteiger partial charge on any atom is 0.343 e. The fraction of sp³-hybridized carbons (Fsp3) is 0.526. The Morgan fingerprint density at radius 3 is 3.07 bits per heavy atom. The Labute approximate surface area is 161 Å². The van der Waals surface area contributed by atoms with Gasteiger partial charge in [0.25, 0.3) is 0 Å². The van der Waals surface area contributed by atoms with Crippen LogP contribution < -0.4 is 10.4 Å². The van der Waals surface area contributed by atoms with Gasteiger partial charge in [-0.3, -0.25) is 14.3 Å². The van der Waals surface area contributed by atoms with E-state index in [9.17, 15) is 9.59 Å². The van der Waals surface area contributed by atoms with Crippen molar-refractivity contribution in [2.24, 2.45) is 0 Å². The van der Waals surface area contributed by atoms with Gasteiger partial charge in [0.15, 0.2) is 5.82 Å². The molecular weight excluding hydrogens is 362 g/mol. The van der Waals surface area contributed by atoms with Crippen LogP contribution in [0.2, 0.25) is 0 Å². The largest absolute Gasteiger partial charge is 0.492 e. The number of nitrogens with one attached hydrogen (secondary N) is 1. The van der Waals surface area contributed by atoms with Crippen LogP contribution in [0.5, 0.6) is 5.75 Å². The lowest BCUT2D eigenvalue weighted by Crippen LogP contribution is -2.48. The number of likely N-dealkylation sites (tertiary alicyclic amines) is 1. The zero-order chi connectivity index (χ0) is 19.1. The number of amides is 1. The van der Waals surface area contributed by atoms with Crippen molar-refractivity contribution < 1.29 is 14.3 Å². The Morgan fingerprint density at radius 2 is 2.14 bits per heavy atom. The summed E-state index contributed by atoms with van der Waals surface area (Å²) in [5, 5.41) is 6.44. The molecule has 1 aromatic heterocycles. The number of para-hydroxylation sites is 1. The molecule has 9 nitrogen and oxygen atoms in total. The van der Waals surface area contributed by atoms with Crippen LogP contribution in [0.3, 0.4) is 0 Å². The minimum absolute atomic E-state index is 0.0881. The maximum atomic E-state index is 12.9. The number of fused-ring (bicyclic) bond motifs is 2. The lowest BCUT2D eigenvalue weighted by molar-refractivity contribution is -0.134. The highest BCUT2D eigenvalue weighted by Gasteiger charge is 2.44. The fourth-order valence-corrected chi connectivity index (χ4v) is 4.29. The quantitative estimate of drug-likeness (QED) is 0.780. The van der Waals surface area contributed by atoms with E-state index in [-0.39, 0.29) is 11.6 Å². The number of rotatable bonds is 2. The van der Waals surface area contributed by atoms with Crippen LogP contribution in [-0.2, 0) is 29.2 Å². The second-order valence-corrected chi connectivity index (χ2v) is 7.73. The average Bonchev–Trinajstić information content (AvgIpc) is 3.20. The molecule has 1 saturated heterocycles. The van der Waals surface area contributed by atoms with Gasteiger partial charge in [0.05, 0.1) is 19.6 Å². The average molecular weight is 385 g/mol. The van der Waals surface area contributed by atoms with E-state index < -0.39 is 5.60 Å². The van der Waals surface area contributed by atoms with Gasteiger partial charge in [-0.1, -0.05) is 18.2 Å². The van der Waals surface area contributed by atoms with Gasteiger partial charge in [0, 0.05) is 25.2 Å². The zero-order valence-corrected chi connectivity index (χ0v) is 15.6. The molecule has 3 aliphatic heterocycles. The van der Waals surface area contributed by atoms with Crippen LogP contribution in [-0.4, -0.2) is 68.9 Å². The standard InChI is InChI=1S/C19H23N5O4/c25-17(10-22-7-8-27-15-4-2-1-3-14(15)9-22)23-6-5-19(12-23)13-24-16(11-28-19)20-21-18(24)26/h1-4H,5-13H2,(H,21,26). The van der Waals surface area contributed by atoms with Crippen molar-refractivity contribution in [1.82, 2.24) is 24.6 Å². The molecule has 3 aliphatic rings. The Kier molecular flexibility index (Phi) is 4.21. The number of H-pyrrole nitrogens is 1. The first-order chi connectivity index (χ1) is 13.6. The molecule has 4 heterocycles. The first kappa shape index (κ1) is 17.4. The zero-order valence-electron chi connectivity index (χ0n) is 15.6. The molecule has 2 aromatic rings. The number of aromatic amines is 1. The summed E-state index contributed by atoms with van der Waals surface area (Å²) >= 11 is 0. The Balaban J connectivity index is 1.24. The molecule has 1 amide bonds. The van der Waals surface area contributed by atoms with E-state index in [4.69, 9.17) is 9.47 Å². The second-order valence-electron chi connectivity index (χ2n) is 7.73. The number of ether oxygens (including phenoxy) is 2. The van der Waals surface area contributed by atoms with Gasteiger partial charge in [0.2, 0.25) is 5.91 Å². The summed E-state index contributed by atoms with van der Waals surface area (Å²) in [5.41, 5.74) is 0.393. The van der Waals surface area contributed by atoms with Crippen molar-refractivity contribution in [2.45, 2.75) is 31.7 Å². The molecule has 0 saturated carbocycles. The topological polar surface area (TPSA) is 92.7 Å². The van der Waals surface area contributed by atoms with E-state index in [0.717, 1.165) is 17.7 Å². The molecule has 1 spiro atoms. The minimum Gasteiger partial charge on any atom is -0.492 e. The number of carbonyl (C=O) groups is 1. The van der Waals surface area contributed by atoms with Crippen molar-refractivity contribution in [3.05, 3.63) is 46.1 Å². The van der Waals surface area contributed by atoms with Crippen LogP contribution >= 0.6 is 0 Å². The van der Waals surface area contributed by atoms with E-state index in [1.807, 2.05) is 29.2 Å². The summed E-state index contributed by atoms with van der Waals surface area (Å²) in [5.74, 6) is 1.60. The van der Waals surface area contributed by atoms with Crippen LogP contribution in [0.15, 0.2) is 29.1 Å². The Bertz CT molecular complexity index is 954. The minimum atomic E-state index is -0.495. The molecule has 1 aromatic carbocycles. The van der Waals surface area contributed by atoms with Crippen molar-refractivity contribution >= 4 is 5.91 Å². The third kappa shape index (κ3) is 3.10. The third-order valence-corrected chi connectivity index (χ3v) is 5.85. The van der Waals surface area contributed by atoms with E-state index >= 15 is 0 Å². The first-order valence-corrected chi connectivity index (χ1v) is 9.61. The van der Waals surface area contributed by atoms with Gasteiger partial charge in [-0.15, -0.1) is 0 Å². The van der Waals surface area contributed by atoms with Crippen LogP contribution in [0, 0.1) is 0 Å². The highest BCUT2D eigenvalue weighted by atomic mass is 16.5. The number of hydrogen-bond acceptors (Lipinski definition) is 6. The third-order valence-electron chi connectivity index (χ3n) is 5.85. The number of benzene rings is 1.